The molecule has 0 aliphatic carbocycles. The van der Waals surface area contributed by atoms with Gasteiger partial charge >= 0.3 is 0 Å². The zero-order chi connectivity index (χ0) is 12.2. The molecule has 1 aromatic heterocycles. The van der Waals surface area contributed by atoms with Gasteiger partial charge in [0.05, 0.1) is 17.2 Å². The lowest BCUT2D eigenvalue weighted by Gasteiger charge is -2.08. The normalized spacial score (nSPS) is 11.8. The first-order valence-corrected chi connectivity index (χ1v) is 7.38. The molecule has 1 heterocycles. The van der Waals surface area contributed by atoms with Crippen LogP contribution in [-0.4, -0.2) is 31.0 Å². The molecule has 0 radical (unpaired) electrons. The molecule has 0 N–H and O–H groups in total. The van der Waals surface area contributed by atoms with Crippen LogP contribution < -0.4 is 4.74 Å². The molecule has 0 aromatic carbocycles. The Morgan fingerprint density at radius 1 is 1.44 bits per heavy atom. The van der Waals surface area contributed by atoms with E-state index in [1.165, 1.54) is 0 Å². The molecule has 6 heteroatoms. The van der Waals surface area contributed by atoms with E-state index in [1.807, 2.05) is 0 Å². The minimum atomic E-state index is -3.03. The first-order chi connectivity index (χ1) is 7.42. The molecule has 1 aromatic rings. The molecule has 0 unspecified atom stereocenters. The summed E-state index contributed by atoms with van der Waals surface area (Å²) in [6, 6.07) is 3.48. The number of hydrogen-bond acceptors (Lipinski definition) is 4. The molecule has 4 nitrogen and oxygen atoms in total. The Morgan fingerprint density at radius 3 is 2.62 bits per heavy atom. The number of sulfone groups is 1. The van der Waals surface area contributed by atoms with E-state index in [4.69, 9.17) is 4.74 Å². The van der Waals surface area contributed by atoms with Crippen LogP contribution in [0.25, 0.3) is 0 Å². The predicted molar refractivity (Wildman–Crippen MR) is 66.4 cm³/mol. The third-order valence-corrected chi connectivity index (χ3v) is 4.70. The number of nitrogens with zero attached hydrogens (tertiary/aromatic N) is 1. The van der Waals surface area contributed by atoms with Gasteiger partial charge in [-0.15, -0.1) is 0 Å². The second-order valence-corrected chi connectivity index (χ2v) is 7.07. The molecule has 0 bridgehead atoms. The summed E-state index contributed by atoms with van der Waals surface area (Å²) in [4.78, 5) is 3.97. The van der Waals surface area contributed by atoms with Crippen LogP contribution in [0.15, 0.2) is 22.9 Å². The Hall–Kier alpha value is -0.620. The number of hydrogen-bond donors (Lipinski definition) is 0. The molecular weight excluding hydrogens is 294 g/mol. The maximum atomic E-state index is 11.5. The fourth-order valence-corrected chi connectivity index (χ4v) is 1.98. The summed E-state index contributed by atoms with van der Waals surface area (Å²) < 4.78 is 28.9. The van der Waals surface area contributed by atoms with Gasteiger partial charge in [-0.3, -0.25) is 0 Å². The molecule has 0 aliphatic rings. The van der Waals surface area contributed by atoms with Gasteiger partial charge in [0.25, 0.3) is 0 Å². The molecule has 16 heavy (non-hydrogen) atoms. The smallest absolute Gasteiger partial charge is 0.155 e. The molecule has 0 amide bonds. The Balaban J connectivity index is 2.45. The summed E-state index contributed by atoms with van der Waals surface area (Å²) in [6.45, 7) is 3.48. The Bertz CT molecular complexity index is 428. The van der Waals surface area contributed by atoms with E-state index in [9.17, 15) is 8.42 Å². The van der Waals surface area contributed by atoms with E-state index in [0.717, 1.165) is 4.60 Å². The van der Waals surface area contributed by atoms with Crippen LogP contribution in [0, 0.1) is 0 Å². The van der Waals surface area contributed by atoms with Gasteiger partial charge in [0, 0.05) is 0 Å². The largest absolute Gasteiger partial charge is 0.491 e. The van der Waals surface area contributed by atoms with Crippen molar-refractivity contribution >= 4 is 25.8 Å². The lowest BCUT2D eigenvalue weighted by Crippen LogP contribution is -2.22. The van der Waals surface area contributed by atoms with E-state index in [1.54, 1.807) is 32.2 Å². The van der Waals surface area contributed by atoms with Crippen LogP contribution in [0.5, 0.6) is 5.75 Å². The van der Waals surface area contributed by atoms with Crippen molar-refractivity contribution in [3.63, 3.8) is 0 Å². The number of halogens is 1. The van der Waals surface area contributed by atoms with Gasteiger partial charge in [0.2, 0.25) is 0 Å². The highest BCUT2D eigenvalue weighted by atomic mass is 79.9. The van der Waals surface area contributed by atoms with Gasteiger partial charge in [-0.25, -0.2) is 13.4 Å². The van der Waals surface area contributed by atoms with Crippen molar-refractivity contribution in [2.75, 3.05) is 12.4 Å². The highest BCUT2D eigenvalue weighted by Crippen LogP contribution is 2.12. The van der Waals surface area contributed by atoms with Gasteiger partial charge in [0.15, 0.2) is 9.84 Å². The van der Waals surface area contributed by atoms with Crippen molar-refractivity contribution in [1.29, 1.82) is 0 Å². The first-order valence-electron chi connectivity index (χ1n) is 4.88. The average molecular weight is 308 g/mol. The van der Waals surface area contributed by atoms with Gasteiger partial charge in [-0.05, 0) is 41.9 Å². The molecule has 1 rings (SSSR count). The Kier molecular flexibility index (Phi) is 4.73. The summed E-state index contributed by atoms with van der Waals surface area (Å²) in [7, 11) is -3.03. The zero-order valence-corrected chi connectivity index (χ0v) is 11.6. The maximum absolute atomic E-state index is 11.5. The predicted octanol–water partition coefficient (Wildman–Crippen LogP) is 2.05. The quantitative estimate of drug-likeness (QED) is 0.781. The van der Waals surface area contributed by atoms with E-state index in [2.05, 4.69) is 20.9 Å². The summed E-state index contributed by atoms with van der Waals surface area (Å²) in [5.74, 6) is 0.600. The fraction of sp³-hybridized carbons (Fsp3) is 0.500. The van der Waals surface area contributed by atoms with E-state index in [0.29, 0.717) is 5.75 Å². The van der Waals surface area contributed by atoms with Crippen LogP contribution in [0.1, 0.15) is 13.8 Å². The van der Waals surface area contributed by atoms with Crippen molar-refractivity contribution in [2.45, 2.75) is 19.1 Å². The van der Waals surface area contributed by atoms with Gasteiger partial charge < -0.3 is 4.74 Å². The topological polar surface area (TPSA) is 56.3 Å². The maximum Gasteiger partial charge on any atom is 0.155 e. The third kappa shape index (κ3) is 4.09. The molecule has 0 aliphatic heterocycles. The highest BCUT2D eigenvalue weighted by Gasteiger charge is 2.15. The average Bonchev–Trinajstić information content (AvgIpc) is 2.20. The Labute approximate surface area is 104 Å². The van der Waals surface area contributed by atoms with Gasteiger partial charge in [-0.2, -0.15) is 0 Å². The minimum absolute atomic E-state index is 0.0285. The fourth-order valence-electron chi connectivity index (χ4n) is 0.959. The first kappa shape index (κ1) is 13.4. The van der Waals surface area contributed by atoms with Crippen LogP contribution in [0.3, 0.4) is 0 Å². The standard InChI is InChI=1S/C10H14BrNO3S/c1-8(2)16(13,14)6-5-15-9-3-4-10(11)12-7-9/h3-4,7-8H,5-6H2,1-2H3. The monoisotopic (exact) mass is 307 g/mol. The van der Waals surface area contributed by atoms with E-state index >= 15 is 0 Å². The van der Waals surface area contributed by atoms with Crippen molar-refractivity contribution in [3.8, 4) is 5.75 Å². The Morgan fingerprint density at radius 2 is 2.12 bits per heavy atom. The summed E-state index contributed by atoms with van der Waals surface area (Å²) in [5, 5.41) is -0.362. The number of pyridine rings is 1. The lowest BCUT2D eigenvalue weighted by molar-refractivity contribution is 0.339. The van der Waals surface area contributed by atoms with E-state index < -0.39 is 9.84 Å². The molecular formula is C10H14BrNO3S. The molecule has 0 saturated carbocycles. The molecule has 0 fully saturated rings. The molecule has 90 valence electrons. The number of ether oxygens (including phenoxy) is 1. The lowest BCUT2D eigenvalue weighted by atomic mass is 10.5. The zero-order valence-electron chi connectivity index (χ0n) is 9.18. The van der Waals surface area contributed by atoms with Crippen molar-refractivity contribution < 1.29 is 13.2 Å². The molecule has 0 saturated heterocycles. The SMILES string of the molecule is CC(C)S(=O)(=O)CCOc1ccc(Br)nc1. The minimum Gasteiger partial charge on any atom is -0.491 e. The van der Waals surface area contributed by atoms with Crippen LogP contribution >= 0.6 is 15.9 Å². The summed E-state index contributed by atoms with van der Waals surface area (Å²) in [5.41, 5.74) is 0. The second-order valence-electron chi connectivity index (χ2n) is 3.58. The second kappa shape index (κ2) is 5.63. The van der Waals surface area contributed by atoms with E-state index in [-0.39, 0.29) is 17.6 Å². The van der Waals surface area contributed by atoms with Crippen molar-refractivity contribution in [1.82, 2.24) is 4.98 Å². The summed E-state index contributed by atoms with van der Waals surface area (Å²) in [6.07, 6.45) is 1.55. The van der Waals surface area contributed by atoms with Gasteiger partial charge in [-0.1, -0.05) is 0 Å². The third-order valence-electron chi connectivity index (χ3n) is 2.06. The van der Waals surface area contributed by atoms with Gasteiger partial charge in [0.1, 0.15) is 17.0 Å². The highest BCUT2D eigenvalue weighted by molar-refractivity contribution is 9.10. The molecule has 0 spiro atoms. The van der Waals surface area contributed by atoms with Crippen LogP contribution in [-0.2, 0) is 9.84 Å². The van der Waals surface area contributed by atoms with Crippen LogP contribution in [0.2, 0.25) is 0 Å². The summed E-state index contributed by atoms with van der Waals surface area (Å²) >= 11 is 3.20. The van der Waals surface area contributed by atoms with Crippen molar-refractivity contribution in [3.05, 3.63) is 22.9 Å². The van der Waals surface area contributed by atoms with Crippen molar-refractivity contribution in [2.24, 2.45) is 0 Å². The number of aromatic nitrogens is 1. The number of rotatable bonds is 5. The van der Waals surface area contributed by atoms with Crippen LogP contribution in [0.4, 0.5) is 0 Å². The molecule has 0 atom stereocenters.